The Labute approximate surface area is 177 Å². The third kappa shape index (κ3) is 4.53. The molecule has 0 radical (unpaired) electrons. The van der Waals surface area contributed by atoms with Crippen molar-refractivity contribution < 1.29 is 18.3 Å². The summed E-state index contributed by atoms with van der Waals surface area (Å²) in [4.78, 5) is 20.1. The molecular weight excluding hydrogens is 426 g/mol. The van der Waals surface area contributed by atoms with Gasteiger partial charge in [-0.25, -0.2) is 27.5 Å². The number of pyridine rings is 1. The van der Waals surface area contributed by atoms with E-state index in [1.807, 2.05) is 18.2 Å². The van der Waals surface area contributed by atoms with Gasteiger partial charge in [-0.1, -0.05) is 0 Å². The number of carboxylic acid groups (broad SMARTS) is 1. The maximum atomic E-state index is 11.7. The molecule has 1 aliphatic rings. The second kappa shape index (κ2) is 8.17. The Morgan fingerprint density at radius 1 is 1.23 bits per heavy atom. The zero-order chi connectivity index (χ0) is 21.3. The minimum atomic E-state index is -3.21. The van der Waals surface area contributed by atoms with Gasteiger partial charge in [-0.15, -0.1) is 11.3 Å². The lowest BCUT2D eigenvalue weighted by atomic mass is 10.1. The standard InChI is InChI=1S/C19H21N5O4S2/c1-30(27,28)24-6-4-12(5-7-24)22-16-9-18(20-10-14(16)19(25)26)23-13-2-3-15-17(8-13)29-11-21-15/h2-3,8-12H,4-7H2,1H3,(H,25,26)(H2,20,22,23). The fourth-order valence-corrected chi connectivity index (χ4v) is 5.04. The SMILES string of the molecule is CS(=O)(=O)N1CCC(Nc2cc(Nc3ccc4ncsc4c3)ncc2C(=O)O)CC1. The molecule has 3 heterocycles. The van der Waals surface area contributed by atoms with Crippen LogP contribution in [0.4, 0.5) is 17.2 Å². The van der Waals surface area contributed by atoms with Crippen LogP contribution in [0.3, 0.4) is 0 Å². The summed E-state index contributed by atoms with van der Waals surface area (Å²) in [5.41, 5.74) is 4.06. The second-order valence-corrected chi connectivity index (χ2v) is 10.0. The normalized spacial score (nSPS) is 15.9. The quantitative estimate of drug-likeness (QED) is 0.527. The first-order valence-corrected chi connectivity index (χ1v) is 12.1. The van der Waals surface area contributed by atoms with Gasteiger partial charge in [0.25, 0.3) is 0 Å². The van der Waals surface area contributed by atoms with E-state index in [-0.39, 0.29) is 11.6 Å². The number of carboxylic acids is 1. The molecule has 1 aromatic carbocycles. The van der Waals surface area contributed by atoms with E-state index >= 15 is 0 Å². The summed E-state index contributed by atoms with van der Waals surface area (Å²) < 4.78 is 25.9. The fraction of sp³-hybridized carbons (Fsp3) is 0.316. The number of benzene rings is 1. The number of fused-ring (bicyclic) bond motifs is 1. The smallest absolute Gasteiger partial charge is 0.339 e. The van der Waals surface area contributed by atoms with Gasteiger partial charge in [-0.05, 0) is 31.0 Å². The lowest BCUT2D eigenvalue weighted by Gasteiger charge is -2.31. The van der Waals surface area contributed by atoms with E-state index in [0.717, 1.165) is 15.9 Å². The van der Waals surface area contributed by atoms with Gasteiger partial charge < -0.3 is 15.7 Å². The third-order valence-corrected chi connectivity index (χ3v) is 7.12. The minimum Gasteiger partial charge on any atom is -0.478 e. The van der Waals surface area contributed by atoms with E-state index in [9.17, 15) is 18.3 Å². The van der Waals surface area contributed by atoms with Crippen LogP contribution in [-0.4, -0.2) is 59.2 Å². The number of nitrogens with zero attached hydrogens (tertiary/aromatic N) is 3. The van der Waals surface area contributed by atoms with Gasteiger partial charge in [-0.2, -0.15) is 0 Å². The summed E-state index contributed by atoms with van der Waals surface area (Å²) in [6.07, 6.45) is 3.72. The van der Waals surface area contributed by atoms with Crippen molar-refractivity contribution in [2.45, 2.75) is 18.9 Å². The predicted octanol–water partition coefficient (Wildman–Crippen LogP) is 2.97. The van der Waals surface area contributed by atoms with Crippen LogP contribution in [0.5, 0.6) is 0 Å². The molecule has 1 aliphatic heterocycles. The molecular formula is C19H21N5O4S2. The van der Waals surface area contributed by atoms with Crippen LogP contribution >= 0.6 is 11.3 Å². The van der Waals surface area contributed by atoms with Gasteiger partial charge in [0.05, 0.1) is 27.7 Å². The predicted molar refractivity (Wildman–Crippen MR) is 117 cm³/mol. The van der Waals surface area contributed by atoms with Gasteiger partial charge in [0, 0.05) is 37.1 Å². The molecule has 11 heteroatoms. The molecule has 0 unspecified atom stereocenters. The first kappa shape index (κ1) is 20.5. The highest BCUT2D eigenvalue weighted by Crippen LogP contribution is 2.27. The summed E-state index contributed by atoms with van der Waals surface area (Å²) >= 11 is 1.54. The molecule has 0 bridgehead atoms. The van der Waals surface area contributed by atoms with Gasteiger partial charge in [0.1, 0.15) is 11.4 Å². The first-order valence-electron chi connectivity index (χ1n) is 9.35. The van der Waals surface area contributed by atoms with Crippen molar-refractivity contribution in [1.82, 2.24) is 14.3 Å². The fourth-order valence-electron chi connectivity index (χ4n) is 3.45. The van der Waals surface area contributed by atoms with Crippen LogP contribution in [0.1, 0.15) is 23.2 Å². The molecule has 0 amide bonds. The summed E-state index contributed by atoms with van der Waals surface area (Å²) in [7, 11) is -3.21. The van der Waals surface area contributed by atoms with E-state index < -0.39 is 16.0 Å². The average Bonchev–Trinajstić information content (AvgIpc) is 3.15. The van der Waals surface area contributed by atoms with E-state index in [2.05, 4.69) is 20.6 Å². The number of thiazole rings is 1. The molecule has 0 saturated carbocycles. The average molecular weight is 448 g/mol. The Morgan fingerprint density at radius 2 is 2.00 bits per heavy atom. The van der Waals surface area contributed by atoms with Crippen molar-refractivity contribution in [3.8, 4) is 0 Å². The lowest BCUT2D eigenvalue weighted by Crippen LogP contribution is -2.42. The number of sulfonamides is 1. The highest BCUT2D eigenvalue weighted by atomic mass is 32.2. The van der Waals surface area contributed by atoms with E-state index in [1.165, 1.54) is 28.1 Å². The van der Waals surface area contributed by atoms with Gasteiger partial charge in [-0.3, -0.25) is 0 Å². The van der Waals surface area contributed by atoms with Crippen molar-refractivity contribution in [1.29, 1.82) is 0 Å². The largest absolute Gasteiger partial charge is 0.478 e. The monoisotopic (exact) mass is 447 g/mol. The molecule has 0 atom stereocenters. The van der Waals surface area contributed by atoms with Crippen molar-refractivity contribution >= 4 is 54.7 Å². The maximum Gasteiger partial charge on any atom is 0.339 e. The van der Waals surface area contributed by atoms with Gasteiger partial charge >= 0.3 is 5.97 Å². The van der Waals surface area contributed by atoms with E-state index in [1.54, 1.807) is 11.6 Å². The Hall–Kier alpha value is -2.76. The molecule has 1 saturated heterocycles. The molecule has 1 fully saturated rings. The van der Waals surface area contributed by atoms with Crippen molar-refractivity contribution in [2.75, 3.05) is 30.0 Å². The minimum absolute atomic E-state index is 0.0232. The van der Waals surface area contributed by atoms with Crippen LogP contribution in [-0.2, 0) is 10.0 Å². The number of rotatable bonds is 6. The molecule has 4 rings (SSSR count). The molecule has 9 nitrogen and oxygen atoms in total. The Kier molecular flexibility index (Phi) is 5.58. The molecule has 2 aromatic heterocycles. The molecule has 0 aliphatic carbocycles. The number of hydrogen-bond acceptors (Lipinski definition) is 8. The third-order valence-electron chi connectivity index (χ3n) is 5.02. The molecule has 158 valence electrons. The topological polar surface area (TPSA) is 125 Å². The number of aromatic nitrogens is 2. The van der Waals surface area contributed by atoms with Crippen LogP contribution in [0, 0.1) is 0 Å². The number of carbonyl (C=O) groups is 1. The zero-order valence-electron chi connectivity index (χ0n) is 16.2. The number of piperidine rings is 1. The molecule has 3 aromatic rings. The highest BCUT2D eigenvalue weighted by molar-refractivity contribution is 7.88. The van der Waals surface area contributed by atoms with Crippen LogP contribution in [0.2, 0.25) is 0 Å². The number of aromatic carboxylic acids is 1. The Bertz CT molecular complexity index is 1190. The summed E-state index contributed by atoms with van der Waals surface area (Å²) in [5.74, 6) is -0.559. The highest BCUT2D eigenvalue weighted by Gasteiger charge is 2.26. The van der Waals surface area contributed by atoms with Gasteiger partial charge in [0.2, 0.25) is 10.0 Å². The number of nitrogens with one attached hydrogen (secondary N) is 2. The summed E-state index contributed by atoms with van der Waals surface area (Å²) in [6, 6.07) is 7.42. The zero-order valence-corrected chi connectivity index (χ0v) is 17.8. The maximum absolute atomic E-state index is 11.7. The van der Waals surface area contributed by atoms with Crippen molar-refractivity contribution in [3.63, 3.8) is 0 Å². The van der Waals surface area contributed by atoms with Crippen LogP contribution < -0.4 is 10.6 Å². The first-order chi connectivity index (χ1) is 14.3. The van der Waals surface area contributed by atoms with E-state index in [0.29, 0.717) is 37.4 Å². The lowest BCUT2D eigenvalue weighted by molar-refractivity contribution is 0.0697. The Balaban J connectivity index is 1.52. The van der Waals surface area contributed by atoms with Crippen LogP contribution in [0.25, 0.3) is 10.2 Å². The molecule has 3 N–H and O–H groups in total. The number of anilines is 3. The van der Waals surface area contributed by atoms with Crippen LogP contribution in [0.15, 0.2) is 36.0 Å². The molecule has 30 heavy (non-hydrogen) atoms. The van der Waals surface area contributed by atoms with Gasteiger partial charge in [0.15, 0.2) is 0 Å². The summed E-state index contributed by atoms with van der Waals surface area (Å²) in [5, 5.41) is 16.0. The second-order valence-electron chi connectivity index (χ2n) is 7.16. The number of hydrogen-bond donors (Lipinski definition) is 3. The summed E-state index contributed by atoms with van der Waals surface area (Å²) in [6.45, 7) is 0.813. The van der Waals surface area contributed by atoms with Crippen molar-refractivity contribution in [2.24, 2.45) is 0 Å². The molecule has 0 spiro atoms. The van der Waals surface area contributed by atoms with E-state index in [4.69, 9.17) is 0 Å². The van der Waals surface area contributed by atoms with Crippen molar-refractivity contribution in [3.05, 3.63) is 41.5 Å². The Morgan fingerprint density at radius 3 is 2.70 bits per heavy atom.